The van der Waals surface area contributed by atoms with Crippen LogP contribution in [-0.2, 0) is 11.4 Å². The lowest BCUT2D eigenvalue weighted by Crippen LogP contribution is -2.35. The third-order valence-electron chi connectivity index (χ3n) is 5.69. The van der Waals surface area contributed by atoms with Crippen LogP contribution in [0.2, 0.25) is 5.02 Å². The van der Waals surface area contributed by atoms with E-state index >= 15 is 0 Å². The summed E-state index contributed by atoms with van der Waals surface area (Å²) in [6, 6.07) is 17.6. The Hall–Kier alpha value is -3.62. The van der Waals surface area contributed by atoms with Crippen LogP contribution < -0.4 is 9.47 Å². The molecule has 3 aromatic rings. The van der Waals surface area contributed by atoms with E-state index in [0.29, 0.717) is 46.9 Å². The van der Waals surface area contributed by atoms with Gasteiger partial charge in [0.1, 0.15) is 11.7 Å². The molecule has 2 aliphatic rings. The number of nitrogens with zero attached hydrogens (tertiary/aromatic N) is 3. The first-order valence-electron chi connectivity index (χ1n) is 11.5. The second-order valence-electron chi connectivity index (χ2n) is 8.06. The van der Waals surface area contributed by atoms with Gasteiger partial charge in [0.15, 0.2) is 17.3 Å². The third-order valence-corrected chi connectivity index (χ3v) is 7.03. The molecule has 2 aliphatic heterocycles. The lowest BCUT2D eigenvalue weighted by Gasteiger charge is -2.20. The van der Waals surface area contributed by atoms with Crippen molar-refractivity contribution in [3.05, 3.63) is 76.3 Å². The van der Waals surface area contributed by atoms with Crippen LogP contribution in [-0.4, -0.2) is 33.6 Å². The Morgan fingerprint density at radius 2 is 1.92 bits per heavy atom. The highest BCUT2D eigenvalue weighted by Crippen LogP contribution is 2.39. The molecular formula is C27H23ClN4O3S. The maximum absolute atomic E-state index is 12.7. The van der Waals surface area contributed by atoms with Gasteiger partial charge in [0.05, 0.1) is 17.2 Å². The van der Waals surface area contributed by atoms with Crippen LogP contribution >= 0.6 is 23.4 Å². The van der Waals surface area contributed by atoms with Gasteiger partial charge in [-0.05, 0) is 65.2 Å². The van der Waals surface area contributed by atoms with Gasteiger partial charge in [0.2, 0.25) is 5.17 Å². The zero-order valence-electron chi connectivity index (χ0n) is 19.7. The van der Waals surface area contributed by atoms with Gasteiger partial charge >= 0.3 is 0 Å². The zero-order chi connectivity index (χ0) is 25.2. The molecule has 1 N–H and O–H groups in total. The van der Waals surface area contributed by atoms with E-state index in [1.54, 1.807) is 18.2 Å². The molecule has 0 unspecified atom stereocenters. The number of carbonyl (C=O) groups excluding carboxylic acids is 1. The molecule has 2 heterocycles. The van der Waals surface area contributed by atoms with Crippen molar-refractivity contribution >= 4 is 62.2 Å². The number of hydrazone groups is 1. The number of fused-ring (bicyclic) bond motifs is 2. The second kappa shape index (κ2) is 10.2. The number of thioether (sulfide) groups is 1. The molecule has 3 aromatic carbocycles. The summed E-state index contributed by atoms with van der Waals surface area (Å²) in [5, 5.41) is 18.1. The van der Waals surface area contributed by atoms with Crippen LogP contribution in [0.5, 0.6) is 11.5 Å². The summed E-state index contributed by atoms with van der Waals surface area (Å²) < 4.78 is 12.0. The molecule has 36 heavy (non-hydrogen) atoms. The molecule has 182 valence electrons. The average molecular weight is 519 g/mol. The summed E-state index contributed by atoms with van der Waals surface area (Å²) in [7, 11) is 0. The van der Waals surface area contributed by atoms with E-state index in [0.717, 1.165) is 21.4 Å². The largest absolute Gasteiger partial charge is 0.490 e. The number of hydrogen-bond acceptors (Lipinski definition) is 6. The molecule has 0 aromatic heterocycles. The molecule has 7 nitrogen and oxygen atoms in total. The maximum atomic E-state index is 12.7. The lowest BCUT2D eigenvalue weighted by molar-refractivity contribution is -0.114. The Morgan fingerprint density at radius 1 is 1.11 bits per heavy atom. The van der Waals surface area contributed by atoms with E-state index in [4.69, 9.17) is 26.5 Å². The molecule has 0 atom stereocenters. The Labute approximate surface area is 218 Å². The van der Waals surface area contributed by atoms with E-state index < -0.39 is 5.91 Å². The zero-order valence-corrected chi connectivity index (χ0v) is 21.3. The summed E-state index contributed by atoms with van der Waals surface area (Å²) >= 11 is 7.94. The predicted octanol–water partition coefficient (Wildman–Crippen LogP) is 6.50. The summed E-state index contributed by atoms with van der Waals surface area (Å²) in [5.41, 5.74) is 1.76. The second-order valence-corrected chi connectivity index (χ2v) is 9.50. The van der Waals surface area contributed by atoms with E-state index in [-0.39, 0.29) is 11.4 Å². The Balaban J connectivity index is 1.45. The Kier molecular flexibility index (Phi) is 6.80. The van der Waals surface area contributed by atoms with Gasteiger partial charge in [-0.2, -0.15) is 15.1 Å². The Bertz CT molecular complexity index is 1480. The summed E-state index contributed by atoms with van der Waals surface area (Å²) in [6.45, 7) is 4.56. The highest BCUT2D eigenvalue weighted by Gasteiger charge is 2.35. The number of ether oxygens (including phenoxy) is 2. The highest BCUT2D eigenvalue weighted by atomic mass is 35.5. The first kappa shape index (κ1) is 24.1. The minimum atomic E-state index is -0.489. The minimum absolute atomic E-state index is 0.0219. The fraction of sp³-hybridized carbons (Fsp3) is 0.185. The van der Waals surface area contributed by atoms with Crippen LogP contribution in [0, 0.1) is 5.41 Å². The van der Waals surface area contributed by atoms with Gasteiger partial charge in [-0.25, -0.2) is 0 Å². The number of carbonyl (C=O) groups is 1. The van der Waals surface area contributed by atoms with Crippen molar-refractivity contribution in [2.24, 2.45) is 10.1 Å². The van der Waals surface area contributed by atoms with Crippen molar-refractivity contribution in [1.82, 2.24) is 5.01 Å². The van der Waals surface area contributed by atoms with Gasteiger partial charge < -0.3 is 9.47 Å². The molecule has 0 radical (unpaired) electrons. The molecule has 0 saturated heterocycles. The van der Waals surface area contributed by atoms with Crippen LogP contribution in [0.15, 0.2) is 70.3 Å². The van der Waals surface area contributed by atoms with Crippen molar-refractivity contribution in [3.8, 4) is 11.5 Å². The van der Waals surface area contributed by atoms with Gasteiger partial charge in [0, 0.05) is 0 Å². The van der Waals surface area contributed by atoms with E-state index in [1.807, 2.05) is 38.1 Å². The number of aliphatic imine (C=N–C) groups is 1. The topological polar surface area (TPSA) is 87.3 Å². The fourth-order valence-electron chi connectivity index (χ4n) is 3.98. The fourth-order valence-corrected chi connectivity index (χ4v) is 5.08. The molecule has 9 heteroatoms. The number of amides is 1. The van der Waals surface area contributed by atoms with E-state index in [2.05, 4.69) is 28.3 Å². The number of nitrogens with one attached hydrogen (secondary N) is 1. The summed E-state index contributed by atoms with van der Waals surface area (Å²) in [5.74, 6) is 0.370. The summed E-state index contributed by atoms with van der Waals surface area (Å²) in [4.78, 5) is 16.8. The number of amidine groups is 2. The van der Waals surface area contributed by atoms with Gasteiger partial charge in [-0.15, -0.1) is 0 Å². The van der Waals surface area contributed by atoms with Crippen molar-refractivity contribution < 1.29 is 14.3 Å². The van der Waals surface area contributed by atoms with Crippen LogP contribution in [0.25, 0.3) is 16.8 Å². The van der Waals surface area contributed by atoms with Gasteiger partial charge in [-0.3, -0.25) is 10.2 Å². The smallest absolute Gasteiger partial charge is 0.283 e. The minimum Gasteiger partial charge on any atom is -0.490 e. The molecule has 5 rings (SSSR count). The van der Waals surface area contributed by atoms with Crippen molar-refractivity contribution in [2.75, 3.05) is 6.61 Å². The van der Waals surface area contributed by atoms with Gasteiger partial charge in [-0.1, -0.05) is 61.0 Å². The van der Waals surface area contributed by atoms with Crippen LogP contribution in [0.3, 0.4) is 0 Å². The number of halogens is 1. The van der Waals surface area contributed by atoms with Crippen molar-refractivity contribution in [2.45, 2.75) is 26.9 Å². The maximum Gasteiger partial charge on any atom is 0.283 e. The highest BCUT2D eigenvalue weighted by molar-refractivity contribution is 8.26. The van der Waals surface area contributed by atoms with Crippen molar-refractivity contribution in [3.63, 3.8) is 0 Å². The first-order valence-corrected chi connectivity index (χ1v) is 12.7. The van der Waals surface area contributed by atoms with Crippen LogP contribution in [0.1, 0.15) is 31.4 Å². The first-order chi connectivity index (χ1) is 17.5. The number of hydrogen-bond donors (Lipinski definition) is 1. The Morgan fingerprint density at radius 3 is 2.72 bits per heavy atom. The van der Waals surface area contributed by atoms with E-state index in [1.165, 1.54) is 16.8 Å². The summed E-state index contributed by atoms with van der Waals surface area (Å²) in [6.07, 6.45) is 2.28. The average Bonchev–Trinajstić information content (AvgIpc) is 3.29. The third kappa shape index (κ3) is 4.62. The normalized spacial score (nSPS) is 16.3. The molecule has 1 amide bonds. The number of benzene rings is 3. The SMILES string of the molecule is CCOc1cc(/C=C2/C(=N)N3N=C(CC)SC3=NC2=O)cc(Cl)c1OCc1cccc2ccccc12. The molecule has 0 saturated carbocycles. The monoisotopic (exact) mass is 518 g/mol. The molecule has 0 bridgehead atoms. The lowest BCUT2D eigenvalue weighted by atomic mass is 10.1. The van der Waals surface area contributed by atoms with Crippen molar-refractivity contribution in [1.29, 1.82) is 5.41 Å². The molecule has 0 aliphatic carbocycles. The molecule has 0 spiro atoms. The van der Waals surface area contributed by atoms with Gasteiger partial charge in [0.25, 0.3) is 5.91 Å². The standard InChI is InChI=1S/C27H23ClN4O3S/c1-3-23-31-32-25(29)20(26(33)30-27(32)36-23)12-16-13-21(28)24(22(14-16)34-4-2)35-15-18-10-7-9-17-8-5-6-11-19(17)18/h5-14,29H,3-4,15H2,1-2H3/b20-12-,29-25?. The van der Waals surface area contributed by atoms with E-state index in [9.17, 15) is 4.79 Å². The molecule has 0 fully saturated rings. The van der Waals surface area contributed by atoms with Crippen LogP contribution in [0.4, 0.5) is 0 Å². The quantitative estimate of drug-likeness (QED) is 0.361. The predicted molar refractivity (Wildman–Crippen MR) is 146 cm³/mol. The number of rotatable bonds is 7. The molecular weight excluding hydrogens is 496 g/mol.